The van der Waals surface area contributed by atoms with Gasteiger partial charge in [-0.1, -0.05) is 30.3 Å². The van der Waals surface area contributed by atoms with E-state index >= 15 is 0 Å². The molecule has 1 aromatic carbocycles. The van der Waals surface area contributed by atoms with Gasteiger partial charge in [0.15, 0.2) is 12.4 Å². The highest BCUT2D eigenvalue weighted by Crippen LogP contribution is 2.36. The summed E-state index contributed by atoms with van der Waals surface area (Å²) in [7, 11) is 0. The maximum atomic E-state index is 11.7. The zero-order chi connectivity index (χ0) is 20.3. The van der Waals surface area contributed by atoms with Gasteiger partial charge >= 0.3 is 17.9 Å². The van der Waals surface area contributed by atoms with Crippen LogP contribution in [0.4, 0.5) is 0 Å². The second-order valence-corrected chi connectivity index (χ2v) is 6.48. The molecule has 3 rings (SSSR count). The van der Waals surface area contributed by atoms with E-state index in [0.717, 1.165) is 5.56 Å². The summed E-state index contributed by atoms with van der Waals surface area (Å²) >= 11 is 0. The molecule has 2 aliphatic heterocycles. The summed E-state index contributed by atoms with van der Waals surface area (Å²) in [6.07, 6.45) is -5.68. The average Bonchev–Trinajstić information content (AvgIpc) is 2.64. The van der Waals surface area contributed by atoms with E-state index in [0.29, 0.717) is 0 Å². The van der Waals surface area contributed by atoms with Crippen LogP contribution in [0.25, 0.3) is 0 Å². The molecule has 152 valence electrons. The third-order valence-corrected chi connectivity index (χ3v) is 4.24. The first-order valence-electron chi connectivity index (χ1n) is 8.84. The summed E-state index contributed by atoms with van der Waals surface area (Å²) in [5.41, 5.74) is 0.772. The molecule has 0 aliphatic carbocycles. The molecule has 0 saturated carbocycles. The van der Waals surface area contributed by atoms with Crippen LogP contribution in [0.1, 0.15) is 32.6 Å². The standard InChI is InChI=1S/C19H22O9/c1-10(20)24-16-15-14(9-23-18(28-15)13-7-5-4-6-8-13)27-19(26-12(3)22)17(16)25-11(2)21/h4-8,14-19H,9H2,1-3H3/t14-,15-,16+,17+,18-,19-/m1/s1. The molecule has 2 fully saturated rings. The van der Waals surface area contributed by atoms with E-state index in [2.05, 4.69) is 0 Å². The highest BCUT2D eigenvalue weighted by atomic mass is 16.8. The molecule has 9 nitrogen and oxygen atoms in total. The van der Waals surface area contributed by atoms with Gasteiger partial charge in [-0.15, -0.1) is 0 Å². The van der Waals surface area contributed by atoms with Gasteiger partial charge in [-0.05, 0) is 0 Å². The molecule has 9 heteroatoms. The van der Waals surface area contributed by atoms with Crippen molar-refractivity contribution in [2.45, 2.75) is 57.8 Å². The van der Waals surface area contributed by atoms with E-state index < -0.39 is 54.9 Å². The number of hydrogen-bond acceptors (Lipinski definition) is 9. The Labute approximate surface area is 161 Å². The maximum Gasteiger partial charge on any atom is 0.305 e. The largest absolute Gasteiger partial charge is 0.455 e. The number of carbonyl (C=O) groups is 3. The van der Waals surface area contributed by atoms with Crippen LogP contribution in [-0.2, 0) is 42.8 Å². The molecule has 6 atom stereocenters. The molecular formula is C19H22O9. The van der Waals surface area contributed by atoms with E-state index in [1.54, 1.807) is 0 Å². The van der Waals surface area contributed by atoms with Gasteiger partial charge in [0.1, 0.15) is 12.2 Å². The van der Waals surface area contributed by atoms with Crippen LogP contribution < -0.4 is 0 Å². The van der Waals surface area contributed by atoms with E-state index in [1.165, 1.54) is 20.8 Å². The van der Waals surface area contributed by atoms with Crippen molar-refractivity contribution in [1.29, 1.82) is 0 Å². The number of hydrogen-bond donors (Lipinski definition) is 0. The molecule has 2 saturated heterocycles. The minimum absolute atomic E-state index is 0.104. The Kier molecular flexibility index (Phi) is 6.28. The van der Waals surface area contributed by atoms with Gasteiger partial charge in [0.05, 0.1) is 6.61 Å². The summed E-state index contributed by atoms with van der Waals surface area (Å²) in [4.78, 5) is 34.8. The van der Waals surface area contributed by atoms with Gasteiger partial charge in [-0.25, -0.2) is 0 Å². The number of esters is 3. The summed E-state index contributed by atoms with van der Waals surface area (Å²) in [6, 6.07) is 9.21. The Hall–Kier alpha value is -2.49. The van der Waals surface area contributed by atoms with Crippen LogP contribution in [0, 0.1) is 0 Å². The molecule has 28 heavy (non-hydrogen) atoms. The fraction of sp³-hybridized carbons (Fsp3) is 0.526. The molecule has 2 aliphatic rings. The van der Waals surface area contributed by atoms with Crippen molar-refractivity contribution >= 4 is 17.9 Å². The van der Waals surface area contributed by atoms with Gasteiger partial charge in [0.2, 0.25) is 12.4 Å². The maximum absolute atomic E-state index is 11.7. The quantitative estimate of drug-likeness (QED) is 0.551. The van der Waals surface area contributed by atoms with Gasteiger partial charge in [0, 0.05) is 26.3 Å². The minimum atomic E-state index is -1.26. The van der Waals surface area contributed by atoms with Crippen LogP contribution in [0.2, 0.25) is 0 Å². The van der Waals surface area contributed by atoms with Gasteiger partial charge in [-0.2, -0.15) is 0 Å². The van der Waals surface area contributed by atoms with Crippen LogP contribution in [0.3, 0.4) is 0 Å². The zero-order valence-corrected chi connectivity index (χ0v) is 15.7. The Bertz CT molecular complexity index is 719. The molecule has 0 bridgehead atoms. The number of carbonyl (C=O) groups excluding carboxylic acids is 3. The Morgan fingerprint density at radius 2 is 1.46 bits per heavy atom. The summed E-state index contributed by atoms with van der Waals surface area (Å²) in [6.45, 7) is 3.72. The molecule has 0 radical (unpaired) electrons. The lowest BCUT2D eigenvalue weighted by atomic mass is 9.97. The number of ether oxygens (including phenoxy) is 6. The normalized spacial score (nSPS) is 32.0. The van der Waals surface area contributed by atoms with Crippen molar-refractivity contribution in [3.8, 4) is 0 Å². The first kappa shape index (κ1) is 20.2. The number of fused-ring (bicyclic) bond motifs is 1. The lowest BCUT2D eigenvalue weighted by Crippen LogP contribution is -2.64. The average molecular weight is 394 g/mol. The van der Waals surface area contributed by atoms with E-state index in [-0.39, 0.29) is 6.61 Å². The monoisotopic (exact) mass is 394 g/mol. The van der Waals surface area contributed by atoms with Crippen LogP contribution in [0.5, 0.6) is 0 Å². The summed E-state index contributed by atoms with van der Waals surface area (Å²) in [5, 5.41) is 0. The second-order valence-electron chi connectivity index (χ2n) is 6.48. The first-order chi connectivity index (χ1) is 13.3. The molecule has 0 unspecified atom stereocenters. The smallest absolute Gasteiger partial charge is 0.305 e. The fourth-order valence-electron chi connectivity index (χ4n) is 3.23. The topological polar surface area (TPSA) is 107 Å². The molecule has 0 amide bonds. The molecular weight excluding hydrogens is 372 g/mol. The second kappa shape index (κ2) is 8.68. The van der Waals surface area contributed by atoms with Crippen molar-refractivity contribution in [1.82, 2.24) is 0 Å². The van der Waals surface area contributed by atoms with Crippen LogP contribution in [0.15, 0.2) is 30.3 Å². The summed E-state index contributed by atoms with van der Waals surface area (Å²) in [5.74, 6) is -1.88. The van der Waals surface area contributed by atoms with Crippen molar-refractivity contribution < 1.29 is 42.8 Å². The van der Waals surface area contributed by atoms with E-state index in [1.807, 2.05) is 30.3 Å². The predicted octanol–water partition coefficient (Wildman–Crippen LogP) is 1.25. The van der Waals surface area contributed by atoms with Gasteiger partial charge < -0.3 is 28.4 Å². The molecule has 2 heterocycles. The van der Waals surface area contributed by atoms with Gasteiger partial charge in [-0.3, -0.25) is 14.4 Å². The first-order valence-corrected chi connectivity index (χ1v) is 8.84. The predicted molar refractivity (Wildman–Crippen MR) is 91.5 cm³/mol. The molecule has 0 spiro atoms. The Morgan fingerprint density at radius 3 is 2.07 bits per heavy atom. The van der Waals surface area contributed by atoms with E-state index in [4.69, 9.17) is 28.4 Å². The summed E-state index contributed by atoms with van der Waals surface area (Å²) < 4.78 is 33.3. The zero-order valence-electron chi connectivity index (χ0n) is 15.7. The van der Waals surface area contributed by atoms with Crippen molar-refractivity contribution in [2.24, 2.45) is 0 Å². The number of benzene rings is 1. The Balaban J connectivity index is 1.88. The van der Waals surface area contributed by atoms with E-state index in [9.17, 15) is 14.4 Å². The fourth-order valence-corrected chi connectivity index (χ4v) is 3.23. The third kappa shape index (κ3) is 4.67. The van der Waals surface area contributed by atoms with Crippen molar-refractivity contribution in [3.63, 3.8) is 0 Å². The minimum Gasteiger partial charge on any atom is -0.455 e. The van der Waals surface area contributed by atoms with Crippen LogP contribution >= 0.6 is 0 Å². The lowest BCUT2D eigenvalue weighted by Gasteiger charge is -2.47. The highest BCUT2D eigenvalue weighted by molar-refractivity contribution is 5.68. The van der Waals surface area contributed by atoms with Crippen molar-refractivity contribution in [2.75, 3.05) is 6.61 Å². The Morgan fingerprint density at radius 1 is 0.857 bits per heavy atom. The van der Waals surface area contributed by atoms with Crippen molar-refractivity contribution in [3.05, 3.63) is 35.9 Å². The van der Waals surface area contributed by atoms with Gasteiger partial charge in [0.25, 0.3) is 0 Å². The number of rotatable bonds is 4. The molecule has 0 aromatic heterocycles. The molecule has 0 N–H and O–H groups in total. The lowest BCUT2D eigenvalue weighted by molar-refractivity contribution is -0.356. The van der Waals surface area contributed by atoms with Crippen LogP contribution in [-0.4, -0.2) is 55.2 Å². The SMILES string of the molecule is CC(=O)O[C@@H]1O[C@@H]2CO[C@@H](c3ccccc3)O[C@H]2[C@H](OC(C)=O)[C@@H]1OC(C)=O. The highest BCUT2D eigenvalue weighted by Gasteiger charge is 2.54. The third-order valence-electron chi connectivity index (χ3n) is 4.24. The molecule has 1 aromatic rings.